The third-order valence-electron chi connectivity index (χ3n) is 1.43. The van der Waals surface area contributed by atoms with Crippen molar-refractivity contribution in [3.8, 4) is 0 Å². The highest BCUT2D eigenvalue weighted by atomic mass is 16.4. The van der Waals surface area contributed by atoms with Crippen LogP contribution in [0.5, 0.6) is 0 Å². The summed E-state index contributed by atoms with van der Waals surface area (Å²) in [5, 5.41) is 10.7. The number of carbonyl (C=O) groups is 3. The van der Waals surface area contributed by atoms with Gasteiger partial charge in [0.25, 0.3) is 0 Å². The van der Waals surface area contributed by atoms with E-state index in [-0.39, 0.29) is 0 Å². The monoisotopic (exact) mass is 203 g/mol. The molecule has 0 fully saturated rings. The predicted molar refractivity (Wildman–Crippen MR) is 47.0 cm³/mol. The van der Waals surface area contributed by atoms with E-state index in [0.29, 0.717) is 0 Å². The second-order valence-electron chi connectivity index (χ2n) is 2.86. The first kappa shape index (κ1) is 12.4. The molecule has 7 nitrogen and oxygen atoms in total. The van der Waals surface area contributed by atoms with Crippen molar-refractivity contribution in [2.75, 3.05) is 0 Å². The van der Waals surface area contributed by atoms with Crippen LogP contribution in [0.1, 0.15) is 13.3 Å². The summed E-state index contributed by atoms with van der Waals surface area (Å²) in [5.41, 5.74) is 9.99. The Morgan fingerprint density at radius 3 is 2.21 bits per heavy atom. The van der Waals surface area contributed by atoms with E-state index in [0.717, 1.165) is 0 Å². The summed E-state index contributed by atoms with van der Waals surface area (Å²) in [7, 11) is 0. The number of carboxylic acid groups (broad SMARTS) is 1. The van der Waals surface area contributed by atoms with Gasteiger partial charge in [-0.2, -0.15) is 0 Å². The molecule has 6 N–H and O–H groups in total. The molecule has 2 atom stereocenters. The van der Waals surface area contributed by atoms with Crippen LogP contribution in [0.15, 0.2) is 0 Å². The van der Waals surface area contributed by atoms with Gasteiger partial charge in [0, 0.05) is 0 Å². The van der Waals surface area contributed by atoms with E-state index in [1.165, 1.54) is 6.92 Å². The van der Waals surface area contributed by atoms with Crippen LogP contribution in [-0.4, -0.2) is 35.0 Å². The Kier molecular flexibility index (Phi) is 4.57. The van der Waals surface area contributed by atoms with Gasteiger partial charge in [0.1, 0.15) is 6.04 Å². The second-order valence-corrected chi connectivity index (χ2v) is 2.86. The van der Waals surface area contributed by atoms with Crippen molar-refractivity contribution in [3.63, 3.8) is 0 Å². The summed E-state index contributed by atoms with van der Waals surface area (Å²) in [6.45, 7) is 1.40. The molecular formula is C7H13N3O4. The van der Waals surface area contributed by atoms with E-state index in [9.17, 15) is 14.4 Å². The highest BCUT2D eigenvalue weighted by molar-refractivity contribution is 5.89. The number of rotatable bonds is 5. The molecule has 2 amide bonds. The lowest BCUT2D eigenvalue weighted by Gasteiger charge is -2.14. The number of nitrogens with one attached hydrogen (secondary N) is 1. The van der Waals surface area contributed by atoms with Crippen molar-refractivity contribution < 1.29 is 19.5 Å². The summed E-state index contributed by atoms with van der Waals surface area (Å²) in [6, 6.07) is -2.14. The van der Waals surface area contributed by atoms with Crippen molar-refractivity contribution in [1.29, 1.82) is 0 Å². The maximum Gasteiger partial charge on any atom is 0.326 e. The third-order valence-corrected chi connectivity index (χ3v) is 1.43. The van der Waals surface area contributed by atoms with Crippen LogP contribution in [0.2, 0.25) is 0 Å². The Bertz CT molecular complexity index is 251. The lowest BCUT2D eigenvalue weighted by Crippen LogP contribution is -2.48. The smallest absolute Gasteiger partial charge is 0.326 e. The number of hydrogen-bond donors (Lipinski definition) is 4. The van der Waals surface area contributed by atoms with Gasteiger partial charge in [-0.25, -0.2) is 4.79 Å². The summed E-state index contributed by atoms with van der Waals surface area (Å²) < 4.78 is 0. The van der Waals surface area contributed by atoms with E-state index >= 15 is 0 Å². The molecule has 0 aromatic heterocycles. The molecule has 1 unspecified atom stereocenters. The molecule has 0 saturated heterocycles. The summed E-state index contributed by atoms with van der Waals surface area (Å²) in [6.07, 6.45) is -0.451. The molecule has 0 aliphatic heterocycles. The molecule has 0 saturated carbocycles. The number of carbonyl (C=O) groups excluding carboxylic acids is 2. The van der Waals surface area contributed by atoms with Crippen LogP contribution in [0, 0.1) is 0 Å². The first-order chi connectivity index (χ1) is 6.34. The number of nitrogens with two attached hydrogens (primary N) is 2. The average Bonchev–Trinajstić information content (AvgIpc) is 2.01. The van der Waals surface area contributed by atoms with Crippen molar-refractivity contribution in [2.24, 2.45) is 11.5 Å². The van der Waals surface area contributed by atoms with Crippen LogP contribution < -0.4 is 16.8 Å². The SMILES string of the molecule is C[C@H](N)C(=O)NC(CC(N)=O)C(=O)O. The Morgan fingerprint density at radius 2 is 1.93 bits per heavy atom. The minimum absolute atomic E-state index is 0.451. The number of primary amides is 1. The van der Waals surface area contributed by atoms with Gasteiger partial charge in [-0.3, -0.25) is 9.59 Å². The summed E-state index contributed by atoms with van der Waals surface area (Å²) >= 11 is 0. The topological polar surface area (TPSA) is 136 Å². The fourth-order valence-corrected chi connectivity index (χ4v) is 0.704. The fourth-order valence-electron chi connectivity index (χ4n) is 0.704. The number of amides is 2. The molecule has 14 heavy (non-hydrogen) atoms. The van der Waals surface area contributed by atoms with Crippen LogP contribution in [-0.2, 0) is 14.4 Å². The van der Waals surface area contributed by atoms with Gasteiger partial charge >= 0.3 is 5.97 Å². The quantitative estimate of drug-likeness (QED) is 0.401. The molecule has 7 heteroatoms. The zero-order valence-corrected chi connectivity index (χ0v) is 7.69. The third kappa shape index (κ3) is 4.41. The largest absolute Gasteiger partial charge is 0.480 e. The van der Waals surface area contributed by atoms with Gasteiger partial charge in [0.15, 0.2) is 0 Å². The highest BCUT2D eigenvalue weighted by Gasteiger charge is 2.23. The first-order valence-corrected chi connectivity index (χ1v) is 3.91. The maximum absolute atomic E-state index is 11.0. The number of aliphatic carboxylic acids is 1. The van der Waals surface area contributed by atoms with Crippen molar-refractivity contribution in [1.82, 2.24) is 5.32 Å². The van der Waals surface area contributed by atoms with Crippen molar-refractivity contribution in [2.45, 2.75) is 25.4 Å². The highest BCUT2D eigenvalue weighted by Crippen LogP contribution is 1.92. The lowest BCUT2D eigenvalue weighted by molar-refractivity contribution is -0.143. The Labute approximate surface area is 80.4 Å². The zero-order valence-electron chi connectivity index (χ0n) is 7.69. The summed E-state index contributed by atoms with van der Waals surface area (Å²) in [5.74, 6) is -2.76. The first-order valence-electron chi connectivity index (χ1n) is 3.91. The van der Waals surface area contributed by atoms with Gasteiger partial charge in [-0.05, 0) is 6.92 Å². The van der Waals surface area contributed by atoms with Gasteiger partial charge in [-0.15, -0.1) is 0 Å². The van der Waals surface area contributed by atoms with Crippen LogP contribution in [0.25, 0.3) is 0 Å². The van der Waals surface area contributed by atoms with Crippen molar-refractivity contribution >= 4 is 17.8 Å². The molecular weight excluding hydrogens is 190 g/mol. The molecule has 0 aromatic carbocycles. The van der Waals surface area contributed by atoms with Gasteiger partial charge in [0.2, 0.25) is 11.8 Å². The molecule has 0 aromatic rings. The maximum atomic E-state index is 11.0. The molecule has 0 rings (SSSR count). The summed E-state index contributed by atoms with van der Waals surface area (Å²) in [4.78, 5) is 32.0. The van der Waals surface area contributed by atoms with Gasteiger partial charge in [0.05, 0.1) is 12.5 Å². The fraction of sp³-hybridized carbons (Fsp3) is 0.571. The normalized spacial score (nSPS) is 14.1. The lowest BCUT2D eigenvalue weighted by atomic mass is 10.2. The van der Waals surface area contributed by atoms with E-state index in [1.54, 1.807) is 0 Å². The van der Waals surface area contributed by atoms with Crippen LogP contribution in [0.4, 0.5) is 0 Å². The van der Waals surface area contributed by atoms with Crippen LogP contribution >= 0.6 is 0 Å². The molecule has 80 valence electrons. The van der Waals surface area contributed by atoms with E-state index in [4.69, 9.17) is 16.6 Å². The van der Waals surface area contributed by atoms with E-state index in [2.05, 4.69) is 5.32 Å². The molecule has 0 bridgehead atoms. The predicted octanol–water partition coefficient (Wildman–Crippen LogP) is -2.22. The zero-order chi connectivity index (χ0) is 11.3. The van der Waals surface area contributed by atoms with Crippen molar-refractivity contribution in [3.05, 3.63) is 0 Å². The Balaban J connectivity index is 4.31. The van der Waals surface area contributed by atoms with Gasteiger partial charge in [-0.1, -0.05) is 0 Å². The molecule has 0 aliphatic carbocycles. The molecule has 0 aliphatic rings. The number of carboxylic acids is 1. The molecule has 0 heterocycles. The Hall–Kier alpha value is -1.63. The average molecular weight is 203 g/mol. The molecule has 0 radical (unpaired) electrons. The van der Waals surface area contributed by atoms with Gasteiger partial charge < -0.3 is 21.9 Å². The molecule has 0 spiro atoms. The van der Waals surface area contributed by atoms with E-state index in [1.807, 2.05) is 0 Å². The minimum Gasteiger partial charge on any atom is -0.480 e. The number of hydrogen-bond acceptors (Lipinski definition) is 4. The van der Waals surface area contributed by atoms with Crippen LogP contribution in [0.3, 0.4) is 0 Å². The standard InChI is InChI=1S/C7H13N3O4/c1-3(8)6(12)10-4(7(13)14)2-5(9)11/h3-4H,2,8H2,1H3,(H2,9,11)(H,10,12)(H,13,14)/t3-,4?/m0/s1. The minimum atomic E-state index is -1.32. The second kappa shape index (κ2) is 5.18. The Morgan fingerprint density at radius 1 is 1.43 bits per heavy atom. The van der Waals surface area contributed by atoms with E-state index < -0.39 is 36.3 Å².